The third-order valence-electron chi connectivity index (χ3n) is 1.27. The number of aromatic nitrogens is 3. The van der Waals surface area contributed by atoms with Crippen LogP contribution < -0.4 is 11.6 Å². The number of nitrogen functional groups attached to an aromatic ring is 1. The van der Waals surface area contributed by atoms with Crippen molar-refractivity contribution >= 4 is 11.8 Å². The van der Waals surface area contributed by atoms with Crippen LogP contribution in [0.4, 0.5) is 13.2 Å². The van der Waals surface area contributed by atoms with Gasteiger partial charge in [0.2, 0.25) is 5.16 Å². The van der Waals surface area contributed by atoms with E-state index in [1.807, 2.05) is 0 Å². The molecular formula is C5H8F3N5S. The molecule has 0 spiro atoms. The summed E-state index contributed by atoms with van der Waals surface area (Å²) < 4.78 is 36.9. The Morgan fingerprint density at radius 1 is 1.36 bits per heavy atom. The van der Waals surface area contributed by atoms with E-state index in [2.05, 4.69) is 10.2 Å². The van der Waals surface area contributed by atoms with E-state index in [0.29, 0.717) is 17.0 Å². The number of rotatable bonds is 3. The number of halogens is 3. The first-order valence-electron chi connectivity index (χ1n) is 3.57. The normalized spacial score (nSPS) is 12.0. The summed E-state index contributed by atoms with van der Waals surface area (Å²) in [6.45, 7) is 0.332. The molecular weight excluding hydrogens is 219 g/mol. The van der Waals surface area contributed by atoms with E-state index in [4.69, 9.17) is 11.6 Å². The van der Waals surface area contributed by atoms with Crippen molar-refractivity contribution in [2.75, 3.05) is 18.1 Å². The monoisotopic (exact) mass is 227 g/mol. The summed E-state index contributed by atoms with van der Waals surface area (Å²) in [4.78, 5) is 0. The maximum absolute atomic E-state index is 12.1. The summed E-state index contributed by atoms with van der Waals surface area (Å²) in [7, 11) is 0. The van der Waals surface area contributed by atoms with Gasteiger partial charge in [0.1, 0.15) is 0 Å². The fraction of sp³-hybridized carbons (Fsp3) is 0.600. The first-order chi connectivity index (χ1) is 6.46. The quantitative estimate of drug-likeness (QED) is 0.563. The van der Waals surface area contributed by atoms with Gasteiger partial charge in [0, 0.05) is 12.3 Å². The molecule has 0 atom stereocenters. The summed E-state index contributed by atoms with van der Waals surface area (Å²) in [5.74, 6) is 4.37. The molecule has 1 aromatic rings. The first-order valence-corrected chi connectivity index (χ1v) is 4.56. The van der Waals surface area contributed by atoms with E-state index in [0.717, 1.165) is 11.8 Å². The highest BCUT2D eigenvalue weighted by molar-refractivity contribution is 7.99. The molecule has 5 nitrogen and oxygen atoms in total. The Balaban J connectivity index is 2.86. The Labute approximate surface area is 81.6 Å². The van der Waals surface area contributed by atoms with Crippen molar-refractivity contribution in [2.24, 2.45) is 5.73 Å². The van der Waals surface area contributed by atoms with Gasteiger partial charge in [0.25, 0.3) is 5.82 Å². The maximum atomic E-state index is 12.1. The van der Waals surface area contributed by atoms with Crippen molar-refractivity contribution in [2.45, 2.75) is 11.3 Å². The lowest BCUT2D eigenvalue weighted by molar-refractivity contribution is -0.146. The molecule has 0 aliphatic carbocycles. The van der Waals surface area contributed by atoms with Gasteiger partial charge in [-0.15, -0.1) is 10.2 Å². The van der Waals surface area contributed by atoms with Crippen molar-refractivity contribution in [1.82, 2.24) is 14.9 Å². The first kappa shape index (κ1) is 11.1. The lowest BCUT2D eigenvalue weighted by atomic mass is 10.6. The van der Waals surface area contributed by atoms with Crippen LogP contribution in [0.5, 0.6) is 0 Å². The van der Waals surface area contributed by atoms with Crippen LogP contribution in [0.25, 0.3) is 0 Å². The predicted molar refractivity (Wildman–Crippen MR) is 45.0 cm³/mol. The zero-order valence-electron chi connectivity index (χ0n) is 6.95. The molecule has 0 saturated carbocycles. The van der Waals surface area contributed by atoms with E-state index in [9.17, 15) is 13.2 Å². The van der Waals surface area contributed by atoms with Gasteiger partial charge in [-0.3, -0.25) is 0 Å². The molecule has 4 N–H and O–H groups in total. The van der Waals surface area contributed by atoms with Crippen LogP contribution in [0, 0.1) is 0 Å². The Morgan fingerprint density at radius 3 is 2.43 bits per heavy atom. The summed E-state index contributed by atoms with van der Waals surface area (Å²) >= 11 is 1.02. The Morgan fingerprint density at radius 2 is 2.00 bits per heavy atom. The molecule has 0 aliphatic rings. The van der Waals surface area contributed by atoms with Crippen LogP contribution in [-0.4, -0.2) is 27.2 Å². The zero-order chi connectivity index (χ0) is 10.8. The number of hydrogen-bond donors (Lipinski definition) is 2. The second-order valence-electron chi connectivity index (χ2n) is 2.31. The average molecular weight is 227 g/mol. The lowest BCUT2D eigenvalue weighted by Crippen LogP contribution is -2.21. The number of alkyl halides is 3. The highest BCUT2D eigenvalue weighted by Crippen LogP contribution is 2.28. The summed E-state index contributed by atoms with van der Waals surface area (Å²) in [6.07, 6.45) is -4.58. The van der Waals surface area contributed by atoms with Gasteiger partial charge in [-0.2, -0.15) is 13.2 Å². The number of thioether (sulfide) groups is 1. The van der Waals surface area contributed by atoms with E-state index < -0.39 is 12.0 Å². The van der Waals surface area contributed by atoms with Gasteiger partial charge in [-0.05, 0) is 0 Å². The van der Waals surface area contributed by atoms with Crippen molar-refractivity contribution in [3.8, 4) is 0 Å². The Hall–Kier alpha value is -0.960. The molecule has 0 bridgehead atoms. The molecule has 1 heterocycles. The highest BCUT2D eigenvalue weighted by atomic mass is 32.2. The van der Waals surface area contributed by atoms with Gasteiger partial charge >= 0.3 is 6.18 Å². The molecule has 14 heavy (non-hydrogen) atoms. The molecule has 0 radical (unpaired) electrons. The molecule has 80 valence electrons. The van der Waals surface area contributed by atoms with Crippen molar-refractivity contribution in [3.05, 3.63) is 5.82 Å². The van der Waals surface area contributed by atoms with Crippen LogP contribution in [0.3, 0.4) is 0 Å². The van der Waals surface area contributed by atoms with E-state index in [-0.39, 0.29) is 5.16 Å². The topological polar surface area (TPSA) is 82.8 Å². The van der Waals surface area contributed by atoms with E-state index >= 15 is 0 Å². The van der Waals surface area contributed by atoms with Gasteiger partial charge in [0.15, 0.2) is 0 Å². The van der Waals surface area contributed by atoms with Crippen molar-refractivity contribution < 1.29 is 13.2 Å². The molecule has 1 rings (SSSR count). The Kier molecular flexibility index (Phi) is 3.21. The van der Waals surface area contributed by atoms with Gasteiger partial charge in [0.05, 0.1) is 0 Å². The Bertz CT molecular complexity index is 309. The van der Waals surface area contributed by atoms with Gasteiger partial charge in [-0.25, -0.2) is 4.68 Å². The second kappa shape index (κ2) is 4.05. The molecule has 0 saturated heterocycles. The molecule has 0 aromatic carbocycles. The summed E-state index contributed by atoms with van der Waals surface area (Å²) in [5, 5.41) is 6.24. The maximum Gasteiger partial charge on any atom is 0.453 e. The fourth-order valence-electron chi connectivity index (χ4n) is 0.719. The molecule has 0 aliphatic heterocycles. The third-order valence-corrected chi connectivity index (χ3v) is 2.24. The largest absolute Gasteiger partial charge is 0.453 e. The number of nitrogens with two attached hydrogens (primary N) is 2. The second-order valence-corrected chi connectivity index (χ2v) is 3.37. The van der Waals surface area contributed by atoms with Gasteiger partial charge in [-0.1, -0.05) is 11.8 Å². The SMILES string of the molecule is NCCSc1nnc(C(F)(F)F)n1N. The minimum Gasteiger partial charge on any atom is -0.335 e. The van der Waals surface area contributed by atoms with E-state index in [1.54, 1.807) is 0 Å². The van der Waals surface area contributed by atoms with Crippen LogP contribution in [0.1, 0.15) is 5.82 Å². The van der Waals surface area contributed by atoms with E-state index in [1.165, 1.54) is 0 Å². The van der Waals surface area contributed by atoms with Gasteiger partial charge < -0.3 is 11.6 Å². The average Bonchev–Trinajstić information content (AvgIpc) is 2.42. The van der Waals surface area contributed by atoms with Crippen LogP contribution in [0.15, 0.2) is 5.16 Å². The zero-order valence-corrected chi connectivity index (χ0v) is 7.77. The fourth-order valence-corrected chi connectivity index (χ4v) is 1.34. The number of hydrogen-bond acceptors (Lipinski definition) is 5. The van der Waals surface area contributed by atoms with Crippen LogP contribution >= 0.6 is 11.8 Å². The highest BCUT2D eigenvalue weighted by Gasteiger charge is 2.38. The van der Waals surface area contributed by atoms with Crippen LogP contribution in [-0.2, 0) is 6.18 Å². The summed E-state index contributed by atoms with van der Waals surface area (Å²) in [6, 6.07) is 0. The smallest absolute Gasteiger partial charge is 0.335 e. The lowest BCUT2D eigenvalue weighted by Gasteiger charge is -2.05. The molecule has 0 fully saturated rings. The standard InChI is InChI=1S/C5H8F3N5S/c6-5(7,8)3-11-12-4(13(3)10)14-2-1-9/h1-2,9-10H2. The van der Waals surface area contributed by atoms with Crippen molar-refractivity contribution in [3.63, 3.8) is 0 Å². The third kappa shape index (κ3) is 2.29. The minimum absolute atomic E-state index is 0.00257. The predicted octanol–water partition coefficient (Wildman–Crippen LogP) is 0.0615. The van der Waals surface area contributed by atoms with Crippen LogP contribution in [0.2, 0.25) is 0 Å². The molecule has 1 aromatic heterocycles. The molecule has 9 heteroatoms. The number of nitrogens with zero attached hydrogens (tertiary/aromatic N) is 3. The molecule has 0 unspecified atom stereocenters. The minimum atomic E-state index is -4.58. The van der Waals surface area contributed by atoms with Crippen molar-refractivity contribution in [1.29, 1.82) is 0 Å². The summed E-state index contributed by atoms with van der Waals surface area (Å²) in [5.41, 5.74) is 5.18. The molecule has 0 amide bonds.